The average molecular weight is 261 g/mol. The summed E-state index contributed by atoms with van der Waals surface area (Å²) >= 11 is 0.306. The normalized spacial score (nSPS) is 11.8. The van der Waals surface area contributed by atoms with Crippen LogP contribution in [0.5, 0.6) is 0 Å². The maximum absolute atomic E-state index is 12.3. The lowest BCUT2D eigenvalue weighted by Gasteiger charge is -1.98. The Balaban J connectivity index is 2.30. The fraction of sp³-hybridized carbons (Fsp3) is 0.200. The van der Waals surface area contributed by atoms with Gasteiger partial charge in [0, 0.05) is 6.20 Å². The van der Waals surface area contributed by atoms with Crippen LogP contribution in [-0.2, 0) is 6.18 Å². The SMILES string of the molecule is Cc1ccc(C(=O)c2cnc(C(F)(F)F)s2)o1. The topological polar surface area (TPSA) is 43.1 Å². The second-order valence-corrected chi connectivity index (χ2v) is 4.30. The molecule has 0 N–H and O–H groups in total. The average Bonchev–Trinajstić information content (AvgIpc) is 2.83. The first-order valence-electron chi connectivity index (χ1n) is 4.52. The van der Waals surface area contributed by atoms with Gasteiger partial charge >= 0.3 is 6.18 Å². The lowest BCUT2D eigenvalue weighted by molar-refractivity contribution is -0.137. The Bertz CT molecular complexity index is 556. The smallest absolute Gasteiger partial charge is 0.443 e. The molecule has 0 atom stereocenters. The molecule has 0 aliphatic carbocycles. The third kappa shape index (κ3) is 2.38. The van der Waals surface area contributed by atoms with Crippen LogP contribution in [0.25, 0.3) is 0 Å². The first kappa shape index (κ1) is 11.8. The molecule has 0 fully saturated rings. The van der Waals surface area contributed by atoms with Gasteiger partial charge < -0.3 is 4.42 Å². The molecule has 0 aliphatic heterocycles. The van der Waals surface area contributed by atoms with E-state index in [-0.39, 0.29) is 10.6 Å². The van der Waals surface area contributed by atoms with E-state index < -0.39 is 17.0 Å². The zero-order chi connectivity index (χ0) is 12.6. The van der Waals surface area contributed by atoms with Crippen molar-refractivity contribution < 1.29 is 22.4 Å². The number of carbonyl (C=O) groups excluding carboxylic acids is 1. The van der Waals surface area contributed by atoms with E-state index in [1.54, 1.807) is 13.0 Å². The van der Waals surface area contributed by atoms with Gasteiger partial charge in [0.25, 0.3) is 0 Å². The lowest BCUT2D eigenvalue weighted by Crippen LogP contribution is -2.03. The zero-order valence-electron chi connectivity index (χ0n) is 8.54. The Labute approximate surface area is 97.9 Å². The molecule has 0 saturated carbocycles. The number of rotatable bonds is 2. The van der Waals surface area contributed by atoms with Crippen molar-refractivity contribution in [1.29, 1.82) is 0 Å². The standard InChI is InChI=1S/C10H6F3NO2S/c1-5-2-3-6(16-5)8(15)7-4-14-9(17-7)10(11,12)13/h2-4H,1H3. The number of thiazole rings is 1. The molecule has 0 aromatic carbocycles. The third-order valence-electron chi connectivity index (χ3n) is 1.94. The van der Waals surface area contributed by atoms with Crippen LogP contribution in [0.4, 0.5) is 13.2 Å². The molecule has 17 heavy (non-hydrogen) atoms. The molecule has 0 amide bonds. The Morgan fingerprint density at radius 3 is 2.59 bits per heavy atom. The van der Waals surface area contributed by atoms with Crippen LogP contribution in [0.1, 0.15) is 26.2 Å². The highest BCUT2D eigenvalue weighted by Gasteiger charge is 2.35. The van der Waals surface area contributed by atoms with Crippen LogP contribution in [0.15, 0.2) is 22.7 Å². The number of aromatic nitrogens is 1. The fourth-order valence-corrected chi connectivity index (χ4v) is 1.92. The maximum Gasteiger partial charge on any atom is 0.443 e. The molecule has 0 radical (unpaired) electrons. The van der Waals surface area contributed by atoms with E-state index in [0.717, 1.165) is 6.20 Å². The van der Waals surface area contributed by atoms with Crippen molar-refractivity contribution >= 4 is 17.1 Å². The molecule has 0 aliphatic rings. The molecule has 0 spiro atoms. The van der Waals surface area contributed by atoms with Crippen LogP contribution in [-0.4, -0.2) is 10.8 Å². The monoisotopic (exact) mass is 261 g/mol. The largest absolute Gasteiger partial charge is 0.458 e. The number of carbonyl (C=O) groups is 1. The van der Waals surface area contributed by atoms with Gasteiger partial charge in [-0.1, -0.05) is 0 Å². The molecule has 2 heterocycles. The van der Waals surface area contributed by atoms with Crippen molar-refractivity contribution in [3.63, 3.8) is 0 Å². The van der Waals surface area contributed by atoms with Gasteiger partial charge in [0.1, 0.15) is 5.76 Å². The van der Waals surface area contributed by atoms with Crippen LogP contribution < -0.4 is 0 Å². The van der Waals surface area contributed by atoms with Gasteiger partial charge in [0.15, 0.2) is 10.8 Å². The Kier molecular flexibility index (Phi) is 2.78. The van der Waals surface area contributed by atoms with Crippen LogP contribution in [0, 0.1) is 6.92 Å². The summed E-state index contributed by atoms with van der Waals surface area (Å²) in [5, 5.41) is -1.04. The number of alkyl halides is 3. The van der Waals surface area contributed by atoms with Gasteiger partial charge in [-0.15, -0.1) is 11.3 Å². The van der Waals surface area contributed by atoms with Crippen LogP contribution in [0.2, 0.25) is 0 Å². The molecule has 0 bridgehead atoms. The number of ketones is 1. The third-order valence-corrected chi connectivity index (χ3v) is 2.98. The summed E-state index contributed by atoms with van der Waals surface area (Å²) < 4.78 is 41.9. The predicted molar refractivity (Wildman–Crippen MR) is 54.0 cm³/mol. The Morgan fingerprint density at radius 1 is 1.41 bits per heavy atom. The molecular formula is C10H6F3NO2S. The van der Waals surface area contributed by atoms with Crippen LogP contribution in [0.3, 0.4) is 0 Å². The predicted octanol–water partition coefficient (Wildman–Crippen LogP) is 3.29. The molecule has 3 nitrogen and oxygen atoms in total. The maximum atomic E-state index is 12.3. The van der Waals surface area contributed by atoms with E-state index in [2.05, 4.69) is 4.98 Å². The Hall–Kier alpha value is -1.63. The second-order valence-electron chi connectivity index (χ2n) is 3.27. The van der Waals surface area contributed by atoms with Gasteiger partial charge in [0.2, 0.25) is 5.78 Å². The number of nitrogens with zero attached hydrogens (tertiary/aromatic N) is 1. The number of halogens is 3. The highest BCUT2D eigenvalue weighted by atomic mass is 32.1. The van der Waals surface area contributed by atoms with E-state index >= 15 is 0 Å². The van der Waals surface area contributed by atoms with Crippen molar-refractivity contribution in [2.75, 3.05) is 0 Å². The van der Waals surface area contributed by atoms with Crippen molar-refractivity contribution in [3.8, 4) is 0 Å². The summed E-state index contributed by atoms with van der Waals surface area (Å²) in [6.07, 6.45) is -3.62. The van der Waals surface area contributed by atoms with Gasteiger partial charge in [0.05, 0.1) is 4.88 Å². The first-order chi connectivity index (χ1) is 7.88. The molecule has 2 aromatic heterocycles. The summed E-state index contributed by atoms with van der Waals surface area (Å²) in [4.78, 5) is 14.8. The molecule has 0 saturated heterocycles. The van der Waals surface area contributed by atoms with Crippen molar-refractivity contribution in [1.82, 2.24) is 4.98 Å². The number of hydrogen-bond acceptors (Lipinski definition) is 4. The molecule has 0 unspecified atom stereocenters. The zero-order valence-corrected chi connectivity index (χ0v) is 9.35. The van der Waals surface area contributed by atoms with Crippen molar-refractivity contribution in [2.45, 2.75) is 13.1 Å². The summed E-state index contributed by atoms with van der Waals surface area (Å²) in [5.74, 6) is -0.0557. The Morgan fingerprint density at radius 2 is 2.12 bits per heavy atom. The summed E-state index contributed by atoms with van der Waals surface area (Å²) in [5.41, 5.74) is 0. The summed E-state index contributed by atoms with van der Waals surface area (Å²) in [6, 6.07) is 2.99. The van der Waals surface area contributed by atoms with E-state index in [1.807, 2.05) is 0 Å². The molecule has 2 rings (SSSR count). The van der Waals surface area contributed by atoms with E-state index in [0.29, 0.717) is 17.1 Å². The van der Waals surface area contributed by atoms with Crippen LogP contribution >= 0.6 is 11.3 Å². The van der Waals surface area contributed by atoms with Gasteiger partial charge in [-0.2, -0.15) is 13.2 Å². The minimum atomic E-state index is -4.53. The van der Waals surface area contributed by atoms with E-state index in [4.69, 9.17) is 4.42 Å². The number of furan rings is 1. The highest BCUT2D eigenvalue weighted by molar-refractivity contribution is 7.13. The summed E-state index contributed by atoms with van der Waals surface area (Å²) in [7, 11) is 0. The van der Waals surface area contributed by atoms with E-state index in [9.17, 15) is 18.0 Å². The van der Waals surface area contributed by atoms with Crippen molar-refractivity contribution in [2.24, 2.45) is 0 Å². The van der Waals surface area contributed by atoms with E-state index in [1.165, 1.54) is 6.07 Å². The summed E-state index contributed by atoms with van der Waals surface area (Å²) in [6.45, 7) is 1.64. The number of hydrogen-bond donors (Lipinski definition) is 0. The number of aryl methyl sites for hydroxylation is 1. The minimum absolute atomic E-state index is 0.0138. The second kappa shape index (κ2) is 3.99. The lowest BCUT2D eigenvalue weighted by atomic mass is 10.3. The quantitative estimate of drug-likeness (QED) is 0.779. The fourth-order valence-electron chi connectivity index (χ4n) is 1.19. The van der Waals surface area contributed by atoms with Gasteiger partial charge in [-0.05, 0) is 19.1 Å². The van der Waals surface area contributed by atoms with Gasteiger partial charge in [-0.3, -0.25) is 4.79 Å². The van der Waals surface area contributed by atoms with Gasteiger partial charge in [-0.25, -0.2) is 4.98 Å². The highest BCUT2D eigenvalue weighted by Crippen LogP contribution is 2.33. The molecule has 7 heteroatoms. The van der Waals surface area contributed by atoms with Crippen molar-refractivity contribution in [3.05, 3.63) is 39.7 Å². The minimum Gasteiger partial charge on any atom is -0.458 e. The molecule has 90 valence electrons. The molecular weight excluding hydrogens is 255 g/mol. The first-order valence-corrected chi connectivity index (χ1v) is 5.34. The molecule has 2 aromatic rings.